The van der Waals surface area contributed by atoms with E-state index in [0.717, 1.165) is 5.56 Å². The van der Waals surface area contributed by atoms with Crippen LogP contribution in [0.2, 0.25) is 10.2 Å². The lowest BCUT2D eigenvalue weighted by Gasteiger charge is -2.06. The van der Waals surface area contributed by atoms with E-state index in [4.69, 9.17) is 28.9 Å². The average molecular weight is 335 g/mol. The Morgan fingerprint density at radius 1 is 1.09 bits per heavy atom. The summed E-state index contributed by atoms with van der Waals surface area (Å²) in [5.74, 6) is 1.70. The maximum atomic E-state index is 5.98. The maximum absolute atomic E-state index is 5.98. The number of pyridine rings is 2. The van der Waals surface area contributed by atoms with E-state index < -0.39 is 0 Å². The summed E-state index contributed by atoms with van der Waals surface area (Å²) in [7, 11) is 0. The lowest BCUT2D eigenvalue weighted by atomic mass is 10.3. The largest absolute Gasteiger partial charge is 0.322 e. The van der Waals surface area contributed by atoms with E-state index in [1.807, 2.05) is 6.92 Å². The first kappa shape index (κ1) is 14.9. The summed E-state index contributed by atoms with van der Waals surface area (Å²) < 4.78 is 1.60. The van der Waals surface area contributed by atoms with E-state index >= 15 is 0 Å². The Hall–Kier alpha value is -2.02. The molecule has 1 atom stereocenters. The van der Waals surface area contributed by atoms with Gasteiger partial charge >= 0.3 is 0 Å². The standard InChI is InChI=1S/C14H12Cl2N6/c1-8(17)14-20-13(9-2-4-11(16)18-6-9)21-22(14)12-5-3-10(15)7-19-12/h2-8H,17H2,1H3/t8-/m1/s1. The smallest absolute Gasteiger partial charge is 0.183 e. The first-order valence-corrected chi connectivity index (χ1v) is 7.26. The Labute approximate surface area is 136 Å². The third kappa shape index (κ3) is 2.94. The zero-order valence-electron chi connectivity index (χ0n) is 11.6. The molecule has 8 heteroatoms. The van der Waals surface area contributed by atoms with Crippen molar-refractivity contribution in [2.75, 3.05) is 0 Å². The predicted molar refractivity (Wildman–Crippen MR) is 85.0 cm³/mol. The number of nitrogens with two attached hydrogens (primary N) is 1. The second-order valence-electron chi connectivity index (χ2n) is 4.70. The van der Waals surface area contributed by atoms with Gasteiger partial charge in [0.1, 0.15) is 5.15 Å². The van der Waals surface area contributed by atoms with Crippen LogP contribution in [0, 0.1) is 0 Å². The molecule has 3 aromatic heterocycles. The highest BCUT2D eigenvalue weighted by Gasteiger charge is 2.17. The molecule has 3 rings (SSSR count). The summed E-state index contributed by atoms with van der Waals surface area (Å²) in [6, 6.07) is 6.67. The van der Waals surface area contributed by atoms with Crippen molar-refractivity contribution < 1.29 is 0 Å². The fourth-order valence-corrected chi connectivity index (χ4v) is 2.13. The highest BCUT2D eigenvalue weighted by molar-refractivity contribution is 6.30. The zero-order chi connectivity index (χ0) is 15.7. The molecule has 0 unspecified atom stereocenters. The van der Waals surface area contributed by atoms with Crippen molar-refractivity contribution >= 4 is 23.2 Å². The van der Waals surface area contributed by atoms with E-state index in [1.165, 1.54) is 0 Å². The first-order chi connectivity index (χ1) is 10.5. The van der Waals surface area contributed by atoms with Crippen molar-refractivity contribution in [3.8, 4) is 17.2 Å². The highest BCUT2D eigenvalue weighted by atomic mass is 35.5. The van der Waals surface area contributed by atoms with Crippen LogP contribution in [0.4, 0.5) is 0 Å². The van der Waals surface area contributed by atoms with Gasteiger partial charge in [-0.05, 0) is 31.2 Å². The van der Waals surface area contributed by atoms with Gasteiger partial charge in [-0.15, -0.1) is 5.10 Å². The van der Waals surface area contributed by atoms with Crippen LogP contribution in [-0.4, -0.2) is 24.7 Å². The molecule has 112 valence electrons. The van der Waals surface area contributed by atoms with Gasteiger partial charge in [-0.2, -0.15) is 4.68 Å². The monoisotopic (exact) mass is 334 g/mol. The van der Waals surface area contributed by atoms with Crippen molar-refractivity contribution in [1.82, 2.24) is 24.7 Å². The van der Waals surface area contributed by atoms with Gasteiger partial charge in [-0.25, -0.2) is 15.0 Å². The Morgan fingerprint density at radius 3 is 2.50 bits per heavy atom. The molecule has 2 N–H and O–H groups in total. The van der Waals surface area contributed by atoms with Crippen molar-refractivity contribution in [2.24, 2.45) is 5.73 Å². The Bertz CT molecular complexity index is 780. The zero-order valence-corrected chi connectivity index (χ0v) is 13.1. The number of hydrogen-bond acceptors (Lipinski definition) is 5. The Kier molecular flexibility index (Phi) is 4.06. The van der Waals surface area contributed by atoms with Crippen LogP contribution in [0.5, 0.6) is 0 Å². The molecule has 3 aromatic rings. The third-order valence-electron chi connectivity index (χ3n) is 2.95. The van der Waals surface area contributed by atoms with E-state index in [2.05, 4.69) is 20.1 Å². The van der Waals surface area contributed by atoms with Gasteiger partial charge in [-0.3, -0.25) is 0 Å². The molecular formula is C14H12Cl2N6. The van der Waals surface area contributed by atoms with Crippen molar-refractivity contribution in [2.45, 2.75) is 13.0 Å². The molecule has 0 amide bonds. The fraction of sp³-hybridized carbons (Fsp3) is 0.143. The quantitative estimate of drug-likeness (QED) is 0.744. The number of aromatic nitrogens is 5. The van der Waals surface area contributed by atoms with E-state index in [0.29, 0.717) is 27.6 Å². The molecule has 0 radical (unpaired) electrons. The minimum absolute atomic E-state index is 0.306. The van der Waals surface area contributed by atoms with Crippen molar-refractivity contribution in [3.05, 3.63) is 52.7 Å². The minimum atomic E-state index is -0.306. The molecule has 6 nitrogen and oxygen atoms in total. The van der Waals surface area contributed by atoms with Gasteiger partial charge in [0.2, 0.25) is 0 Å². The normalized spacial score (nSPS) is 12.4. The SMILES string of the molecule is C[C@@H](N)c1nc(-c2ccc(Cl)nc2)nn1-c1ccc(Cl)cn1. The summed E-state index contributed by atoms with van der Waals surface area (Å²) in [6.07, 6.45) is 3.16. The minimum Gasteiger partial charge on any atom is -0.322 e. The summed E-state index contributed by atoms with van der Waals surface area (Å²) in [5, 5.41) is 5.43. The maximum Gasteiger partial charge on any atom is 0.183 e. The van der Waals surface area contributed by atoms with Gasteiger partial charge in [0.15, 0.2) is 17.5 Å². The number of rotatable bonds is 3. The van der Waals surface area contributed by atoms with Crippen molar-refractivity contribution in [3.63, 3.8) is 0 Å². The van der Waals surface area contributed by atoms with Crippen LogP contribution in [-0.2, 0) is 0 Å². The number of hydrogen-bond donors (Lipinski definition) is 1. The third-order valence-corrected chi connectivity index (χ3v) is 3.40. The number of nitrogens with zero attached hydrogens (tertiary/aromatic N) is 5. The molecule has 0 spiro atoms. The van der Waals surface area contributed by atoms with Crippen LogP contribution in [0.15, 0.2) is 36.7 Å². The predicted octanol–water partition coefficient (Wildman–Crippen LogP) is 3.05. The molecule has 0 aliphatic rings. The molecule has 0 fully saturated rings. The van der Waals surface area contributed by atoms with Crippen LogP contribution < -0.4 is 5.73 Å². The number of halogens is 2. The van der Waals surface area contributed by atoms with Gasteiger partial charge in [-0.1, -0.05) is 23.2 Å². The fourth-order valence-electron chi connectivity index (χ4n) is 1.91. The first-order valence-electron chi connectivity index (χ1n) is 6.51. The molecule has 0 aromatic carbocycles. The molecular weight excluding hydrogens is 323 g/mol. The summed E-state index contributed by atoms with van der Waals surface area (Å²) in [4.78, 5) is 12.8. The lowest BCUT2D eigenvalue weighted by molar-refractivity contribution is 0.681. The highest BCUT2D eigenvalue weighted by Crippen LogP contribution is 2.21. The molecule has 0 saturated carbocycles. The lowest BCUT2D eigenvalue weighted by Crippen LogP contribution is -2.14. The molecule has 0 saturated heterocycles. The second kappa shape index (κ2) is 6.00. The van der Waals surface area contributed by atoms with Gasteiger partial charge in [0.05, 0.1) is 11.1 Å². The van der Waals surface area contributed by atoms with E-state index in [1.54, 1.807) is 41.3 Å². The average Bonchev–Trinajstić information content (AvgIpc) is 2.94. The molecule has 22 heavy (non-hydrogen) atoms. The van der Waals surface area contributed by atoms with Gasteiger partial charge < -0.3 is 5.73 Å². The molecule has 0 aliphatic carbocycles. The Balaban J connectivity index is 2.09. The second-order valence-corrected chi connectivity index (χ2v) is 5.52. The van der Waals surface area contributed by atoms with Crippen LogP contribution in [0.1, 0.15) is 18.8 Å². The van der Waals surface area contributed by atoms with Crippen LogP contribution in [0.3, 0.4) is 0 Å². The van der Waals surface area contributed by atoms with Crippen LogP contribution >= 0.6 is 23.2 Å². The molecule has 3 heterocycles. The Morgan fingerprint density at radius 2 is 1.91 bits per heavy atom. The van der Waals surface area contributed by atoms with Gasteiger partial charge in [0, 0.05) is 18.0 Å². The topological polar surface area (TPSA) is 82.5 Å². The van der Waals surface area contributed by atoms with Crippen LogP contribution in [0.25, 0.3) is 17.2 Å². The van der Waals surface area contributed by atoms with E-state index in [-0.39, 0.29) is 6.04 Å². The van der Waals surface area contributed by atoms with E-state index in [9.17, 15) is 0 Å². The van der Waals surface area contributed by atoms with Crippen molar-refractivity contribution in [1.29, 1.82) is 0 Å². The summed E-state index contributed by atoms with van der Waals surface area (Å²) in [5.41, 5.74) is 6.73. The summed E-state index contributed by atoms with van der Waals surface area (Å²) >= 11 is 11.7. The van der Waals surface area contributed by atoms with Gasteiger partial charge in [0.25, 0.3) is 0 Å². The molecule has 0 bridgehead atoms. The summed E-state index contributed by atoms with van der Waals surface area (Å²) in [6.45, 7) is 1.83. The molecule has 0 aliphatic heterocycles.